The molecule has 6 nitrogen and oxygen atoms in total. The summed E-state index contributed by atoms with van der Waals surface area (Å²) >= 11 is 0. The second-order valence-electron chi connectivity index (χ2n) is 37.0. The third kappa shape index (κ3) is 16.3. The van der Waals surface area contributed by atoms with Crippen LogP contribution in [0.1, 0.15) is 0 Å². The van der Waals surface area contributed by atoms with E-state index in [1.54, 1.807) is 0 Å². The predicted molar refractivity (Wildman–Crippen MR) is 602 cm³/mol. The first kappa shape index (κ1) is 85.3. The number of aromatic nitrogens is 3. The van der Waals surface area contributed by atoms with Gasteiger partial charge < -0.3 is 27.0 Å². The maximum atomic E-state index is 6.37. The molecule has 6 heteroatoms. The smallest absolute Gasteiger partial charge is 0.143 e. The minimum atomic E-state index is 0.913. The second kappa shape index (κ2) is 37.0. The average Bonchev–Trinajstić information content (AvgIpc) is 1.62. The molecular weight excluding hydrogens is 1750 g/mol. The molecule has 0 aliphatic heterocycles. The Kier molecular flexibility index (Phi) is 21.9. The van der Waals surface area contributed by atoms with Crippen LogP contribution in [0.3, 0.4) is 0 Å². The number of para-hydroxylation sites is 4. The van der Waals surface area contributed by atoms with Crippen LogP contribution >= 0.6 is 0 Å². The van der Waals surface area contributed by atoms with Crippen LogP contribution < -0.4 is 0 Å². The van der Waals surface area contributed by atoms with Crippen LogP contribution in [-0.2, 0) is 0 Å². The predicted octanol–water partition coefficient (Wildman–Crippen LogP) is 38.3. The molecule has 0 radical (unpaired) electrons. The Morgan fingerprint density at radius 1 is 0.118 bits per heavy atom. The van der Waals surface area contributed by atoms with E-state index in [1.165, 1.54) is 166 Å². The van der Waals surface area contributed by atoms with Crippen molar-refractivity contribution in [3.05, 3.63) is 552 Å². The Balaban J connectivity index is 0.000000111. The maximum absolute atomic E-state index is 6.37. The van der Waals surface area contributed by atoms with Gasteiger partial charge in [-0.15, -0.1) is 0 Å². The molecule has 22 aromatic carbocycles. The van der Waals surface area contributed by atoms with E-state index in [0.29, 0.717) is 0 Å². The van der Waals surface area contributed by atoms with Gasteiger partial charge in [0.1, 0.15) is 33.5 Å². The normalized spacial score (nSPS) is 11.5. The number of hydrogen-bond acceptors (Lipinski definition) is 3. The zero-order chi connectivity index (χ0) is 95.3. The molecule has 0 atom stereocenters. The summed E-state index contributed by atoms with van der Waals surface area (Å²) in [6.07, 6.45) is 6.86. The number of benzene rings is 22. The van der Waals surface area contributed by atoms with Crippen molar-refractivity contribution in [1.29, 1.82) is 0 Å². The third-order valence-electron chi connectivity index (χ3n) is 28.4. The molecule has 0 bridgehead atoms. The molecule has 28 aromatic rings. The minimum absolute atomic E-state index is 0.913. The van der Waals surface area contributed by atoms with Gasteiger partial charge in [-0.25, -0.2) is 0 Å². The van der Waals surface area contributed by atoms with E-state index in [2.05, 4.69) is 530 Å². The average molecular weight is 1840 g/mol. The van der Waals surface area contributed by atoms with Gasteiger partial charge in [0.2, 0.25) is 0 Å². The SMILES string of the molecule is c1ccc(-c2ccc(-c3ccc4c(c3)c(-c3ccc(-c5ccccc5)cc3)cn4-c3ccc(-c4ccc5oc6ccccc6c5c4)cc3)cc2)cc1.c1ccc(-c2ccc(-c3ccc4c(c3)c(-c3ccc(-c5ccccc5)cc3)cn4-c3ccc(-c4cccc5c4oc4ccccc45)cc3)cc2)cc1.c1ccc(-c2ccc3c(c2)c(-c2ccccc2)cn3-c2ccc(-c3ccc4oc5ccccc5c4c3)cc2)cc1. The molecule has 676 valence electrons. The second-order valence-corrected chi connectivity index (χ2v) is 37.0. The van der Waals surface area contributed by atoms with Gasteiger partial charge in [0.05, 0.1) is 16.6 Å². The molecule has 0 unspecified atom stereocenters. The zero-order valence-electron chi connectivity index (χ0n) is 78.6. The Morgan fingerprint density at radius 2 is 0.319 bits per heavy atom. The van der Waals surface area contributed by atoms with Crippen molar-refractivity contribution in [2.24, 2.45) is 0 Å². The Bertz CT molecular complexity index is 9570. The monoisotopic (exact) mass is 1840 g/mol. The van der Waals surface area contributed by atoms with E-state index in [-0.39, 0.29) is 0 Å². The summed E-state index contributed by atoms with van der Waals surface area (Å²) < 4.78 is 25.4. The van der Waals surface area contributed by atoms with Crippen LogP contribution in [0.25, 0.3) is 260 Å². The summed E-state index contributed by atoms with van der Waals surface area (Å²) in [7, 11) is 0. The molecule has 144 heavy (non-hydrogen) atoms. The summed E-state index contributed by atoms with van der Waals surface area (Å²) in [5.74, 6) is 0. The largest absolute Gasteiger partial charge is 0.456 e. The lowest BCUT2D eigenvalue weighted by atomic mass is 9.97. The van der Waals surface area contributed by atoms with E-state index in [1.807, 2.05) is 36.4 Å². The molecule has 0 amide bonds. The van der Waals surface area contributed by atoms with E-state index in [9.17, 15) is 0 Å². The van der Waals surface area contributed by atoms with Crippen molar-refractivity contribution in [1.82, 2.24) is 13.7 Å². The summed E-state index contributed by atoms with van der Waals surface area (Å²) in [6.45, 7) is 0. The molecule has 0 fully saturated rings. The van der Waals surface area contributed by atoms with Crippen LogP contribution in [0.5, 0.6) is 0 Å². The first-order chi connectivity index (χ1) is 71.3. The fourth-order valence-corrected chi connectivity index (χ4v) is 20.9. The van der Waals surface area contributed by atoms with Gasteiger partial charge in [-0.3, -0.25) is 0 Å². The molecule has 0 saturated carbocycles. The number of nitrogens with zero attached hydrogens (tertiary/aromatic N) is 3. The van der Waals surface area contributed by atoms with Crippen molar-refractivity contribution >= 4 is 98.5 Å². The van der Waals surface area contributed by atoms with Crippen molar-refractivity contribution < 1.29 is 13.3 Å². The zero-order valence-corrected chi connectivity index (χ0v) is 78.6. The van der Waals surface area contributed by atoms with E-state index in [4.69, 9.17) is 13.3 Å². The quantitative estimate of drug-likeness (QED) is 0.0969. The lowest BCUT2D eigenvalue weighted by molar-refractivity contribution is 0.668. The Labute approximate surface area is 833 Å². The molecular formula is C138H91N3O3. The standard InChI is InChI=1S/2C50H33NO.C38H25NO/c1-3-10-34(11-4-1)36-18-20-38(21-19-36)41-28-31-48-46(32-41)47(40-24-22-37(23-25-40)35-12-5-2-6-13-35)33-51(48)42-29-26-39(27-30-42)43-15-9-16-45-44-14-7-8-17-49(44)52-50(43)45;1-3-9-34(10-4-1)36-15-17-38(18-16-36)41-25-29-48-45(31-41)47(40-21-19-37(20-22-40)35-11-5-2-6-12-35)33-51(48)43-27-23-39(24-28-43)42-26-30-50-46(32-42)44-13-7-8-14-49(44)52-50;1-3-9-26(10-4-1)29-17-21-36-33(23-29)35(28-11-5-2-6-12-28)25-39(36)31-19-15-27(16-20-31)30-18-22-38-34(24-30)32-13-7-8-14-37(32)40-38/h2*1-33H;1-25H. The van der Waals surface area contributed by atoms with Crippen LogP contribution in [0.4, 0.5) is 0 Å². The van der Waals surface area contributed by atoms with Gasteiger partial charge in [0.15, 0.2) is 0 Å². The first-order valence-corrected chi connectivity index (χ1v) is 49.1. The minimum Gasteiger partial charge on any atom is -0.456 e. The number of hydrogen-bond donors (Lipinski definition) is 0. The summed E-state index contributed by atoms with van der Waals surface area (Å²) in [6, 6.07) is 190. The van der Waals surface area contributed by atoms with Gasteiger partial charge in [-0.05, 0) is 238 Å². The molecule has 0 spiro atoms. The first-order valence-electron chi connectivity index (χ1n) is 49.1. The highest BCUT2D eigenvalue weighted by Crippen LogP contribution is 2.45. The molecule has 0 N–H and O–H groups in total. The van der Waals surface area contributed by atoms with Gasteiger partial charge in [0.25, 0.3) is 0 Å². The summed E-state index contributed by atoms with van der Waals surface area (Å²) in [5, 5.41) is 10.6. The fraction of sp³-hybridized carbons (Fsp3) is 0. The third-order valence-corrected chi connectivity index (χ3v) is 28.4. The number of furan rings is 3. The fourth-order valence-electron chi connectivity index (χ4n) is 20.9. The van der Waals surface area contributed by atoms with Crippen LogP contribution in [0.15, 0.2) is 566 Å². The summed E-state index contributed by atoms with van der Waals surface area (Å²) in [5.41, 5.74) is 43.6. The van der Waals surface area contributed by atoms with E-state index < -0.39 is 0 Å². The highest BCUT2D eigenvalue weighted by Gasteiger charge is 2.22. The van der Waals surface area contributed by atoms with Gasteiger partial charge in [-0.2, -0.15) is 0 Å². The van der Waals surface area contributed by atoms with E-state index >= 15 is 0 Å². The molecule has 0 aliphatic carbocycles. The lowest BCUT2D eigenvalue weighted by Gasteiger charge is -2.09. The number of fused-ring (bicyclic) bond motifs is 12. The molecule has 0 aliphatic rings. The summed E-state index contributed by atoms with van der Waals surface area (Å²) in [4.78, 5) is 0. The maximum Gasteiger partial charge on any atom is 0.143 e. The van der Waals surface area contributed by atoms with Gasteiger partial charge in [0, 0.05) is 106 Å². The van der Waals surface area contributed by atoms with Crippen molar-refractivity contribution in [2.75, 3.05) is 0 Å². The highest BCUT2D eigenvalue weighted by molar-refractivity contribution is 6.12. The van der Waals surface area contributed by atoms with E-state index in [0.717, 1.165) is 94.0 Å². The van der Waals surface area contributed by atoms with Gasteiger partial charge in [-0.1, -0.05) is 419 Å². The van der Waals surface area contributed by atoms with Crippen molar-refractivity contribution in [2.45, 2.75) is 0 Å². The molecule has 6 heterocycles. The molecule has 28 rings (SSSR count). The van der Waals surface area contributed by atoms with Crippen LogP contribution in [0.2, 0.25) is 0 Å². The highest BCUT2D eigenvalue weighted by atomic mass is 16.3. The Hall–Kier alpha value is -19.1. The molecule has 0 saturated heterocycles. The van der Waals surface area contributed by atoms with Crippen LogP contribution in [-0.4, -0.2) is 13.7 Å². The molecule has 6 aromatic heterocycles. The number of rotatable bonds is 16. The topological polar surface area (TPSA) is 54.2 Å². The van der Waals surface area contributed by atoms with Gasteiger partial charge >= 0.3 is 0 Å². The Morgan fingerprint density at radius 3 is 0.646 bits per heavy atom. The lowest BCUT2D eigenvalue weighted by Crippen LogP contribution is -1.92. The van der Waals surface area contributed by atoms with Crippen LogP contribution in [0, 0.1) is 0 Å². The van der Waals surface area contributed by atoms with Crippen molar-refractivity contribution in [3.8, 4) is 162 Å². The van der Waals surface area contributed by atoms with Crippen molar-refractivity contribution in [3.63, 3.8) is 0 Å².